The Morgan fingerprint density at radius 3 is 2.53 bits per heavy atom. The number of morpholine rings is 1. The Balaban J connectivity index is 2.27. The van der Waals surface area contributed by atoms with Crippen LogP contribution in [-0.4, -0.2) is 48.8 Å². The fraction of sp³-hybridized carbons (Fsp3) is 1.00. The van der Waals surface area contributed by atoms with Crippen LogP contribution in [0.4, 0.5) is 0 Å². The van der Waals surface area contributed by atoms with E-state index in [0.717, 1.165) is 26.2 Å². The molecule has 0 radical (unpaired) electrons. The third kappa shape index (κ3) is 5.36. The molecule has 1 fully saturated rings. The number of hydrogen-bond donors (Lipinski definition) is 1. The summed E-state index contributed by atoms with van der Waals surface area (Å²) < 4.78 is 5.91. The van der Waals surface area contributed by atoms with Crippen LogP contribution in [0.3, 0.4) is 0 Å². The zero-order valence-corrected chi connectivity index (χ0v) is 12.3. The average molecular weight is 242 g/mol. The molecule has 17 heavy (non-hydrogen) atoms. The van der Waals surface area contributed by atoms with Crippen LogP contribution in [0.5, 0.6) is 0 Å². The first-order valence-corrected chi connectivity index (χ1v) is 7.10. The van der Waals surface area contributed by atoms with Gasteiger partial charge in [-0.1, -0.05) is 13.8 Å². The first-order valence-electron chi connectivity index (χ1n) is 7.10. The molecule has 1 rings (SSSR count). The molecule has 0 aromatic carbocycles. The van der Waals surface area contributed by atoms with Gasteiger partial charge in [0.05, 0.1) is 11.7 Å². The fourth-order valence-electron chi connectivity index (χ4n) is 2.76. The van der Waals surface area contributed by atoms with Gasteiger partial charge in [-0.05, 0) is 33.6 Å². The molecule has 1 aliphatic rings. The van der Waals surface area contributed by atoms with Gasteiger partial charge >= 0.3 is 0 Å². The molecule has 102 valence electrons. The lowest BCUT2D eigenvalue weighted by Crippen LogP contribution is -2.53. The van der Waals surface area contributed by atoms with Crippen molar-refractivity contribution in [2.24, 2.45) is 0 Å². The maximum absolute atomic E-state index is 5.91. The van der Waals surface area contributed by atoms with Gasteiger partial charge in [0.1, 0.15) is 0 Å². The van der Waals surface area contributed by atoms with Crippen LogP contribution in [0, 0.1) is 0 Å². The standard InChI is InChI=1S/C14H30N2O/c1-6-13(7-2)15-8-9-16-10-12(3)17-14(4,5)11-16/h12-13,15H,6-11H2,1-5H3. The van der Waals surface area contributed by atoms with E-state index in [9.17, 15) is 0 Å². The summed E-state index contributed by atoms with van der Waals surface area (Å²) in [5.41, 5.74) is 0.00653. The predicted octanol–water partition coefficient (Wildman–Crippen LogP) is 2.26. The second-order valence-electron chi connectivity index (χ2n) is 5.89. The van der Waals surface area contributed by atoms with Crippen LogP contribution in [0.15, 0.2) is 0 Å². The lowest BCUT2D eigenvalue weighted by molar-refractivity contribution is -0.128. The summed E-state index contributed by atoms with van der Waals surface area (Å²) in [6, 6.07) is 0.682. The highest BCUT2D eigenvalue weighted by Crippen LogP contribution is 2.20. The third-order valence-electron chi connectivity index (χ3n) is 3.49. The van der Waals surface area contributed by atoms with Gasteiger partial charge in [-0.15, -0.1) is 0 Å². The molecule has 0 aromatic rings. The van der Waals surface area contributed by atoms with E-state index in [-0.39, 0.29) is 5.60 Å². The van der Waals surface area contributed by atoms with E-state index in [2.05, 4.69) is 44.8 Å². The zero-order chi connectivity index (χ0) is 12.9. The van der Waals surface area contributed by atoms with Crippen LogP contribution in [-0.2, 0) is 4.74 Å². The molecular weight excluding hydrogens is 212 g/mol. The largest absolute Gasteiger partial charge is 0.370 e. The maximum Gasteiger partial charge on any atom is 0.0757 e. The van der Waals surface area contributed by atoms with Crippen LogP contribution >= 0.6 is 0 Å². The fourth-order valence-corrected chi connectivity index (χ4v) is 2.76. The van der Waals surface area contributed by atoms with E-state index < -0.39 is 0 Å². The highest BCUT2D eigenvalue weighted by molar-refractivity contribution is 4.82. The van der Waals surface area contributed by atoms with E-state index >= 15 is 0 Å². The van der Waals surface area contributed by atoms with Gasteiger partial charge in [0.25, 0.3) is 0 Å². The molecule has 0 aromatic heterocycles. The lowest BCUT2D eigenvalue weighted by Gasteiger charge is -2.41. The summed E-state index contributed by atoms with van der Waals surface area (Å²) in [7, 11) is 0. The quantitative estimate of drug-likeness (QED) is 0.773. The molecular formula is C14H30N2O. The molecule has 1 aliphatic heterocycles. The van der Waals surface area contributed by atoms with Crippen molar-refractivity contribution in [3.05, 3.63) is 0 Å². The van der Waals surface area contributed by atoms with Gasteiger partial charge in [0.2, 0.25) is 0 Å². The number of rotatable bonds is 6. The molecule has 1 atom stereocenters. The molecule has 1 heterocycles. The van der Waals surface area contributed by atoms with Crippen LogP contribution < -0.4 is 5.32 Å². The third-order valence-corrected chi connectivity index (χ3v) is 3.49. The number of nitrogens with zero attached hydrogens (tertiary/aromatic N) is 1. The molecule has 0 spiro atoms. The molecule has 3 heteroatoms. The van der Waals surface area contributed by atoms with Crippen molar-refractivity contribution in [3.63, 3.8) is 0 Å². The summed E-state index contributed by atoms with van der Waals surface area (Å²) in [5, 5.41) is 3.63. The van der Waals surface area contributed by atoms with E-state index in [1.54, 1.807) is 0 Å². The summed E-state index contributed by atoms with van der Waals surface area (Å²) in [6.07, 6.45) is 2.80. The molecule has 0 bridgehead atoms. The summed E-state index contributed by atoms with van der Waals surface area (Å²) in [6.45, 7) is 15.4. The molecule has 1 saturated heterocycles. The van der Waals surface area contributed by atoms with Gasteiger partial charge in [-0.3, -0.25) is 4.90 Å². The van der Waals surface area contributed by atoms with Crippen molar-refractivity contribution in [1.82, 2.24) is 10.2 Å². The Morgan fingerprint density at radius 2 is 2.00 bits per heavy atom. The molecule has 0 aliphatic carbocycles. The number of hydrogen-bond acceptors (Lipinski definition) is 3. The lowest BCUT2D eigenvalue weighted by atomic mass is 10.1. The van der Waals surface area contributed by atoms with Crippen molar-refractivity contribution in [1.29, 1.82) is 0 Å². The Bertz CT molecular complexity index is 214. The first-order chi connectivity index (χ1) is 7.96. The highest BCUT2D eigenvalue weighted by Gasteiger charge is 2.30. The van der Waals surface area contributed by atoms with E-state index in [0.29, 0.717) is 12.1 Å². The van der Waals surface area contributed by atoms with Crippen molar-refractivity contribution >= 4 is 0 Å². The second kappa shape index (κ2) is 6.72. The van der Waals surface area contributed by atoms with Crippen LogP contribution in [0.25, 0.3) is 0 Å². The van der Waals surface area contributed by atoms with Gasteiger partial charge in [-0.2, -0.15) is 0 Å². The molecule has 1 N–H and O–H groups in total. The highest BCUT2D eigenvalue weighted by atomic mass is 16.5. The predicted molar refractivity (Wildman–Crippen MR) is 73.4 cm³/mol. The van der Waals surface area contributed by atoms with E-state index in [1.807, 2.05) is 0 Å². The Morgan fingerprint density at radius 1 is 1.35 bits per heavy atom. The number of ether oxygens (including phenoxy) is 1. The van der Waals surface area contributed by atoms with Crippen molar-refractivity contribution in [2.75, 3.05) is 26.2 Å². The maximum atomic E-state index is 5.91. The normalized spacial score (nSPS) is 25.4. The smallest absolute Gasteiger partial charge is 0.0757 e. The van der Waals surface area contributed by atoms with Gasteiger partial charge in [0, 0.05) is 32.2 Å². The van der Waals surface area contributed by atoms with Gasteiger partial charge in [0.15, 0.2) is 0 Å². The monoisotopic (exact) mass is 242 g/mol. The average Bonchev–Trinajstić information content (AvgIpc) is 2.21. The Labute approximate surface area is 107 Å². The zero-order valence-electron chi connectivity index (χ0n) is 12.3. The summed E-state index contributed by atoms with van der Waals surface area (Å²) >= 11 is 0. The van der Waals surface area contributed by atoms with Crippen molar-refractivity contribution < 1.29 is 4.74 Å². The molecule has 3 nitrogen and oxygen atoms in total. The van der Waals surface area contributed by atoms with E-state index in [1.165, 1.54) is 12.8 Å². The van der Waals surface area contributed by atoms with Gasteiger partial charge in [-0.25, -0.2) is 0 Å². The Kier molecular flexibility index (Phi) is 5.90. The van der Waals surface area contributed by atoms with Crippen molar-refractivity contribution in [2.45, 2.75) is 65.2 Å². The minimum Gasteiger partial charge on any atom is -0.370 e. The second-order valence-corrected chi connectivity index (χ2v) is 5.89. The summed E-state index contributed by atoms with van der Waals surface area (Å²) in [5.74, 6) is 0. The SMILES string of the molecule is CCC(CC)NCCN1CC(C)OC(C)(C)C1. The van der Waals surface area contributed by atoms with Gasteiger partial charge < -0.3 is 10.1 Å². The number of nitrogens with one attached hydrogen (secondary N) is 1. The molecule has 1 unspecified atom stereocenters. The van der Waals surface area contributed by atoms with Crippen LogP contribution in [0.2, 0.25) is 0 Å². The minimum atomic E-state index is 0.00653. The topological polar surface area (TPSA) is 24.5 Å². The Hall–Kier alpha value is -0.120. The molecule has 0 saturated carbocycles. The van der Waals surface area contributed by atoms with E-state index in [4.69, 9.17) is 4.74 Å². The van der Waals surface area contributed by atoms with Crippen LogP contribution in [0.1, 0.15) is 47.5 Å². The summed E-state index contributed by atoms with van der Waals surface area (Å²) in [4.78, 5) is 2.52. The minimum absolute atomic E-state index is 0.00653. The molecule has 0 amide bonds. The first kappa shape index (κ1) is 14.9. The van der Waals surface area contributed by atoms with Crippen molar-refractivity contribution in [3.8, 4) is 0 Å².